The number of Topliss-reactive ketones (excluding diaryl/α,β-unsaturated/α-hetero) is 1. The quantitative estimate of drug-likeness (QED) is 0.574. The number of carbonyl (C=O) groups excluding carboxylic acids is 1. The zero-order valence-electron chi connectivity index (χ0n) is 16.1. The van der Waals surface area contributed by atoms with E-state index in [4.69, 9.17) is 0 Å². The zero-order valence-corrected chi connectivity index (χ0v) is 16.1. The minimum absolute atomic E-state index is 0.121. The Balaban J connectivity index is 0.00000232. The third-order valence-electron chi connectivity index (χ3n) is 3.75. The van der Waals surface area contributed by atoms with Gasteiger partial charge in [-0.15, -0.1) is 0 Å². The van der Waals surface area contributed by atoms with Gasteiger partial charge in [0.05, 0.1) is 0 Å². The molecule has 2 heteroatoms. The highest BCUT2D eigenvalue weighted by atomic mass is 16.1. The molecule has 0 saturated carbocycles. The van der Waals surface area contributed by atoms with Crippen LogP contribution in [-0.2, 0) is 0 Å². The molecule has 0 N–H and O–H groups in total. The van der Waals surface area contributed by atoms with Gasteiger partial charge >= 0.3 is 0 Å². The summed E-state index contributed by atoms with van der Waals surface area (Å²) in [6.45, 7) is 14.4. The fourth-order valence-electron chi connectivity index (χ4n) is 2.25. The molecule has 0 aliphatic rings. The Hall–Kier alpha value is -1.41. The molecule has 0 spiro atoms. The predicted molar refractivity (Wildman–Crippen MR) is 103 cm³/mol. The van der Waals surface area contributed by atoms with Crippen molar-refractivity contribution in [1.29, 1.82) is 0 Å². The average molecular weight is 318 g/mol. The van der Waals surface area contributed by atoms with Crippen LogP contribution in [0.4, 0.5) is 0 Å². The molecule has 23 heavy (non-hydrogen) atoms. The molecule has 2 nitrogen and oxygen atoms in total. The van der Waals surface area contributed by atoms with Gasteiger partial charge in [-0.05, 0) is 63.4 Å². The standard InChI is InChI=1S/C19H29NO.C2H6/c1-15(2)8-7-12-20(5)13-11-16(3)18-9-6-10-19(14-18)17(4)21;1-2/h6,9-11,14-15H,7-8,12-13H2,1-5H3;1-2H3/b16-11+;. The highest BCUT2D eigenvalue weighted by molar-refractivity contribution is 5.94. The summed E-state index contributed by atoms with van der Waals surface area (Å²) < 4.78 is 0. The first-order valence-corrected chi connectivity index (χ1v) is 8.87. The van der Waals surface area contributed by atoms with Gasteiger partial charge in [0.25, 0.3) is 0 Å². The molecule has 1 aromatic carbocycles. The Morgan fingerprint density at radius 2 is 1.78 bits per heavy atom. The second-order valence-electron chi connectivity index (χ2n) is 6.32. The maximum absolute atomic E-state index is 11.4. The maximum atomic E-state index is 11.4. The maximum Gasteiger partial charge on any atom is 0.159 e. The first kappa shape index (κ1) is 21.6. The molecule has 0 atom stereocenters. The Morgan fingerprint density at radius 3 is 2.35 bits per heavy atom. The fourth-order valence-corrected chi connectivity index (χ4v) is 2.25. The van der Waals surface area contributed by atoms with E-state index in [-0.39, 0.29) is 5.78 Å². The lowest BCUT2D eigenvalue weighted by atomic mass is 10.0. The Morgan fingerprint density at radius 1 is 1.17 bits per heavy atom. The monoisotopic (exact) mass is 317 g/mol. The summed E-state index contributed by atoms with van der Waals surface area (Å²) in [6, 6.07) is 7.87. The van der Waals surface area contributed by atoms with E-state index in [1.807, 2.05) is 32.0 Å². The molecule has 0 aliphatic carbocycles. The number of likely N-dealkylation sites (N-methyl/N-ethyl adjacent to an activating group) is 1. The summed E-state index contributed by atoms with van der Waals surface area (Å²) in [5, 5.41) is 0. The summed E-state index contributed by atoms with van der Waals surface area (Å²) >= 11 is 0. The van der Waals surface area contributed by atoms with Gasteiger partial charge in [-0.3, -0.25) is 4.79 Å². The van der Waals surface area contributed by atoms with Crippen LogP contribution < -0.4 is 0 Å². The van der Waals surface area contributed by atoms with Crippen LogP contribution in [0, 0.1) is 5.92 Å². The number of carbonyl (C=O) groups is 1. The van der Waals surface area contributed by atoms with Crippen molar-refractivity contribution in [2.24, 2.45) is 5.92 Å². The van der Waals surface area contributed by atoms with Gasteiger partial charge in [0, 0.05) is 12.1 Å². The molecule has 130 valence electrons. The smallest absolute Gasteiger partial charge is 0.159 e. The largest absolute Gasteiger partial charge is 0.303 e. The van der Waals surface area contributed by atoms with Crippen LogP contribution in [0.25, 0.3) is 5.57 Å². The van der Waals surface area contributed by atoms with Crippen molar-refractivity contribution in [2.75, 3.05) is 20.1 Å². The normalized spacial score (nSPS) is 11.4. The SMILES string of the molecule is CC.CC(=O)c1cccc(/C(C)=C/CN(C)CCCC(C)C)c1. The number of hydrogen-bond acceptors (Lipinski definition) is 2. The van der Waals surface area contributed by atoms with Crippen LogP contribution in [0.5, 0.6) is 0 Å². The molecule has 0 heterocycles. The van der Waals surface area contributed by atoms with E-state index < -0.39 is 0 Å². The summed E-state index contributed by atoms with van der Waals surface area (Å²) in [4.78, 5) is 13.8. The van der Waals surface area contributed by atoms with Crippen molar-refractivity contribution in [1.82, 2.24) is 4.90 Å². The number of ketones is 1. The molecule has 0 fully saturated rings. The van der Waals surface area contributed by atoms with E-state index in [1.165, 1.54) is 18.4 Å². The second kappa shape index (κ2) is 12.1. The Bertz CT molecular complexity index is 488. The van der Waals surface area contributed by atoms with E-state index in [9.17, 15) is 4.79 Å². The number of nitrogens with zero attached hydrogens (tertiary/aromatic N) is 1. The molecular weight excluding hydrogens is 282 g/mol. The lowest BCUT2D eigenvalue weighted by Crippen LogP contribution is -2.20. The van der Waals surface area contributed by atoms with Gasteiger partial charge in [-0.1, -0.05) is 52.0 Å². The first-order chi connectivity index (χ1) is 10.9. The molecule has 1 rings (SSSR count). The van der Waals surface area contributed by atoms with Gasteiger partial charge in [0.2, 0.25) is 0 Å². The summed E-state index contributed by atoms with van der Waals surface area (Å²) in [7, 11) is 2.16. The van der Waals surface area contributed by atoms with E-state index in [0.717, 1.165) is 30.1 Å². The molecule has 0 aromatic heterocycles. The number of benzene rings is 1. The summed E-state index contributed by atoms with van der Waals surface area (Å²) in [6.07, 6.45) is 4.78. The Labute approximate surface area is 143 Å². The minimum Gasteiger partial charge on any atom is -0.303 e. The topological polar surface area (TPSA) is 20.3 Å². The first-order valence-electron chi connectivity index (χ1n) is 8.87. The highest BCUT2D eigenvalue weighted by Crippen LogP contribution is 2.16. The van der Waals surface area contributed by atoms with Gasteiger partial charge < -0.3 is 4.90 Å². The molecule has 0 saturated heterocycles. The van der Waals surface area contributed by atoms with E-state index in [2.05, 4.69) is 44.9 Å². The third kappa shape index (κ3) is 9.35. The van der Waals surface area contributed by atoms with Gasteiger partial charge in [0.15, 0.2) is 5.78 Å². The lowest BCUT2D eigenvalue weighted by molar-refractivity contribution is 0.101. The van der Waals surface area contributed by atoms with Crippen LogP contribution >= 0.6 is 0 Å². The van der Waals surface area contributed by atoms with Crippen LogP contribution in [0.1, 0.15) is 70.3 Å². The molecule has 0 radical (unpaired) electrons. The number of rotatable bonds is 8. The Kier molecular flexibility index (Phi) is 11.3. The zero-order chi connectivity index (χ0) is 17.8. The molecule has 1 aromatic rings. The predicted octanol–water partition coefficient (Wildman–Crippen LogP) is 5.69. The van der Waals surface area contributed by atoms with Crippen molar-refractivity contribution in [2.45, 2.75) is 54.4 Å². The van der Waals surface area contributed by atoms with Gasteiger partial charge in [-0.25, -0.2) is 0 Å². The van der Waals surface area contributed by atoms with Gasteiger partial charge in [-0.2, -0.15) is 0 Å². The van der Waals surface area contributed by atoms with Crippen LogP contribution in [0.2, 0.25) is 0 Å². The van der Waals surface area contributed by atoms with Crippen molar-refractivity contribution >= 4 is 11.4 Å². The summed E-state index contributed by atoms with van der Waals surface area (Å²) in [5.41, 5.74) is 3.15. The van der Waals surface area contributed by atoms with Crippen molar-refractivity contribution in [3.8, 4) is 0 Å². The molecule has 0 unspecified atom stereocenters. The van der Waals surface area contributed by atoms with Crippen LogP contribution in [-0.4, -0.2) is 30.8 Å². The van der Waals surface area contributed by atoms with Gasteiger partial charge in [0.1, 0.15) is 0 Å². The summed E-state index contributed by atoms with van der Waals surface area (Å²) in [5.74, 6) is 0.903. The van der Waals surface area contributed by atoms with Crippen LogP contribution in [0.3, 0.4) is 0 Å². The lowest BCUT2D eigenvalue weighted by Gasteiger charge is -2.15. The van der Waals surface area contributed by atoms with E-state index in [0.29, 0.717) is 0 Å². The third-order valence-corrected chi connectivity index (χ3v) is 3.75. The minimum atomic E-state index is 0.121. The average Bonchev–Trinajstić information content (AvgIpc) is 2.54. The molecular formula is C21H35NO. The number of hydrogen-bond donors (Lipinski definition) is 0. The van der Waals surface area contributed by atoms with Crippen molar-refractivity contribution in [3.05, 3.63) is 41.5 Å². The van der Waals surface area contributed by atoms with Crippen molar-refractivity contribution in [3.63, 3.8) is 0 Å². The highest BCUT2D eigenvalue weighted by Gasteiger charge is 2.03. The molecule has 0 aliphatic heterocycles. The van der Waals surface area contributed by atoms with E-state index in [1.54, 1.807) is 6.92 Å². The van der Waals surface area contributed by atoms with E-state index >= 15 is 0 Å². The number of allylic oxidation sites excluding steroid dienone is 1. The van der Waals surface area contributed by atoms with Crippen LogP contribution in [0.15, 0.2) is 30.3 Å². The fraction of sp³-hybridized carbons (Fsp3) is 0.571. The molecule has 0 amide bonds. The second-order valence-corrected chi connectivity index (χ2v) is 6.32. The van der Waals surface area contributed by atoms with Crippen molar-refractivity contribution < 1.29 is 4.79 Å². The molecule has 0 bridgehead atoms.